The number of rotatable bonds is 4. The van der Waals surface area contributed by atoms with Gasteiger partial charge in [0.15, 0.2) is 0 Å². The average molecular weight is 196 g/mol. The fraction of sp³-hybridized carbons (Fsp3) is 0.778. The molecule has 0 unspecified atom stereocenters. The zero-order chi connectivity index (χ0) is 10.0. The summed E-state index contributed by atoms with van der Waals surface area (Å²) in [5, 5.41) is 20.4. The highest BCUT2D eigenvalue weighted by Crippen LogP contribution is 2.31. The van der Waals surface area contributed by atoms with Crippen molar-refractivity contribution in [3.8, 4) is 0 Å². The summed E-state index contributed by atoms with van der Waals surface area (Å²) in [6.45, 7) is 0.891. The molecule has 5 heteroatoms. The molecule has 0 radical (unpaired) electrons. The molecular weight excluding hydrogens is 180 g/mol. The summed E-state index contributed by atoms with van der Waals surface area (Å²) in [6, 6.07) is 0. The monoisotopic (exact) mass is 196 g/mol. The largest absolute Gasteiger partial charge is 0.394 e. The van der Waals surface area contributed by atoms with Crippen molar-refractivity contribution in [3.05, 3.63) is 12.2 Å². The summed E-state index contributed by atoms with van der Waals surface area (Å²) in [5.41, 5.74) is -0.0497. The van der Waals surface area contributed by atoms with Crippen LogP contribution in [0, 0.1) is 0 Å². The van der Waals surface area contributed by atoms with Crippen molar-refractivity contribution in [2.24, 2.45) is 7.05 Å². The zero-order valence-corrected chi connectivity index (χ0v) is 8.40. The fourth-order valence-electron chi connectivity index (χ4n) is 1.73. The molecule has 1 aromatic heterocycles. The lowest BCUT2D eigenvalue weighted by atomic mass is 9.77. The van der Waals surface area contributed by atoms with Gasteiger partial charge in [-0.2, -0.15) is 0 Å². The Morgan fingerprint density at radius 3 is 2.86 bits per heavy atom. The van der Waals surface area contributed by atoms with Gasteiger partial charge in [0, 0.05) is 12.6 Å². The van der Waals surface area contributed by atoms with Crippen LogP contribution in [0.4, 0.5) is 0 Å². The highest BCUT2D eigenvalue weighted by atomic mass is 16.3. The SMILES string of the molecule is Cn1cnnc1CNC1(CO)CCC1. The molecule has 1 heterocycles. The summed E-state index contributed by atoms with van der Waals surface area (Å²) in [4.78, 5) is 0. The Labute approximate surface area is 83.2 Å². The van der Waals surface area contributed by atoms with Gasteiger partial charge in [0.25, 0.3) is 0 Å². The van der Waals surface area contributed by atoms with Crippen molar-refractivity contribution in [1.82, 2.24) is 20.1 Å². The Kier molecular flexibility index (Phi) is 2.52. The number of aromatic nitrogens is 3. The average Bonchev–Trinajstić information content (AvgIpc) is 2.51. The maximum atomic E-state index is 9.23. The molecule has 5 nitrogen and oxygen atoms in total. The number of aryl methyl sites for hydroxylation is 1. The van der Waals surface area contributed by atoms with Crippen LogP contribution in [-0.2, 0) is 13.6 Å². The summed E-state index contributed by atoms with van der Waals surface area (Å²) in [5.74, 6) is 0.907. The molecule has 1 aliphatic carbocycles. The van der Waals surface area contributed by atoms with E-state index in [0.717, 1.165) is 18.7 Å². The lowest BCUT2D eigenvalue weighted by Crippen LogP contribution is -2.53. The third kappa shape index (κ3) is 1.65. The molecule has 0 atom stereocenters. The summed E-state index contributed by atoms with van der Waals surface area (Å²) < 4.78 is 1.89. The molecule has 2 N–H and O–H groups in total. The van der Waals surface area contributed by atoms with Crippen molar-refractivity contribution in [1.29, 1.82) is 0 Å². The van der Waals surface area contributed by atoms with E-state index in [1.807, 2.05) is 11.6 Å². The minimum atomic E-state index is -0.0497. The third-order valence-corrected chi connectivity index (χ3v) is 3.04. The molecule has 0 spiro atoms. The van der Waals surface area contributed by atoms with Gasteiger partial charge in [-0.3, -0.25) is 0 Å². The lowest BCUT2D eigenvalue weighted by Gasteiger charge is -2.41. The van der Waals surface area contributed by atoms with E-state index in [9.17, 15) is 5.11 Å². The second-order valence-corrected chi connectivity index (χ2v) is 4.00. The third-order valence-electron chi connectivity index (χ3n) is 3.04. The van der Waals surface area contributed by atoms with Crippen LogP contribution in [-0.4, -0.2) is 32.0 Å². The molecule has 1 saturated carbocycles. The van der Waals surface area contributed by atoms with Crippen molar-refractivity contribution in [3.63, 3.8) is 0 Å². The molecule has 0 amide bonds. The fourth-order valence-corrected chi connectivity index (χ4v) is 1.73. The van der Waals surface area contributed by atoms with E-state index >= 15 is 0 Å². The Morgan fingerprint density at radius 2 is 2.43 bits per heavy atom. The van der Waals surface area contributed by atoms with Gasteiger partial charge in [-0.05, 0) is 19.3 Å². The smallest absolute Gasteiger partial charge is 0.146 e. The van der Waals surface area contributed by atoms with E-state index in [4.69, 9.17) is 0 Å². The van der Waals surface area contributed by atoms with E-state index in [-0.39, 0.29) is 12.1 Å². The number of nitrogens with zero attached hydrogens (tertiary/aromatic N) is 3. The second kappa shape index (κ2) is 3.67. The Morgan fingerprint density at radius 1 is 1.64 bits per heavy atom. The number of aliphatic hydroxyl groups is 1. The maximum absolute atomic E-state index is 9.23. The highest BCUT2D eigenvalue weighted by Gasteiger charge is 2.35. The van der Waals surface area contributed by atoms with Crippen molar-refractivity contribution < 1.29 is 5.11 Å². The topological polar surface area (TPSA) is 63.0 Å². The van der Waals surface area contributed by atoms with Crippen LogP contribution in [0.1, 0.15) is 25.1 Å². The van der Waals surface area contributed by atoms with Gasteiger partial charge >= 0.3 is 0 Å². The van der Waals surface area contributed by atoms with Gasteiger partial charge in [0.1, 0.15) is 12.2 Å². The molecule has 0 aliphatic heterocycles. The number of aliphatic hydroxyl groups excluding tert-OH is 1. The van der Waals surface area contributed by atoms with Gasteiger partial charge in [0.2, 0.25) is 0 Å². The van der Waals surface area contributed by atoms with Crippen LogP contribution in [0.15, 0.2) is 6.33 Å². The molecule has 0 bridgehead atoms. The highest BCUT2D eigenvalue weighted by molar-refractivity contribution is 4.97. The van der Waals surface area contributed by atoms with Gasteiger partial charge < -0.3 is 15.0 Å². The molecule has 1 aromatic rings. The molecule has 0 aromatic carbocycles. The first-order valence-electron chi connectivity index (χ1n) is 4.94. The van der Waals surface area contributed by atoms with E-state index < -0.39 is 0 Å². The molecular formula is C9H16N4O. The molecule has 1 fully saturated rings. The Hall–Kier alpha value is -0.940. The zero-order valence-electron chi connectivity index (χ0n) is 8.40. The lowest BCUT2D eigenvalue weighted by molar-refractivity contribution is 0.0862. The van der Waals surface area contributed by atoms with Crippen molar-refractivity contribution in [2.75, 3.05) is 6.61 Å². The van der Waals surface area contributed by atoms with Gasteiger partial charge in [-0.1, -0.05) is 0 Å². The molecule has 2 rings (SSSR count). The number of hydrogen-bond donors (Lipinski definition) is 2. The summed E-state index contributed by atoms with van der Waals surface area (Å²) in [6.07, 6.45) is 5.00. The van der Waals surface area contributed by atoms with Crippen LogP contribution in [0.3, 0.4) is 0 Å². The maximum Gasteiger partial charge on any atom is 0.146 e. The van der Waals surface area contributed by atoms with Crippen LogP contribution in [0.5, 0.6) is 0 Å². The normalized spacial score (nSPS) is 19.3. The molecule has 1 aliphatic rings. The van der Waals surface area contributed by atoms with E-state index in [2.05, 4.69) is 15.5 Å². The first-order chi connectivity index (χ1) is 6.76. The Balaban J connectivity index is 1.90. The van der Waals surface area contributed by atoms with Crippen molar-refractivity contribution >= 4 is 0 Å². The van der Waals surface area contributed by atoms with Crippen LogP contribution >= 0.6 is 0 Å². The summed E-state index contributed by atoms with van der Waals surface area (Å²) >= 11 is 0. The van der Waals surface area contributed by atoms with E-state index in [1.54, 1.807) is 6.33 Å². The number of hydrogen-bond acceptors (Lipinski definition) is 4. The van der Waals surface area contributed by atoms with E-state index in [0.29, 0.717) is 6.54 Å². The van der Waals surface area contributed by atoms with Gasteiger partial charge in [0.05, 0.1) is 13.2 Å². The first-order valence-corrected chi connectivity index (χ1v) is 4.94. The minimum Gasteiger partial charge on any atom is -0.394 e. The molecule has 14 heavy (non-hydrogen) atoms. The predicted octanol–water partition coefficient (Wildman–Crippen LogP) is -0.180. The quantitative estimate of drug-likeness (QED) is 0.701. The van der Waals surface area contributed by atoms with Crippen LogP contribution in [0.25, 0.3) is 0 Å². The van der Waals surface area contributed by atoms with E-state index in [1.165, 1.54) is 6.42 Å². The standard InChI is InChI=1S/C9H16N4O/c1-13-7-11-12-8(13)5-10-9(6-14)3-2-4-9/h7,10,14H,2-6H2,1H3. The first kappa shape index (κ1) is 9.61. The van der Waals surface area contributed by atoms with Gasteiger partial charge in [-0.25, -0.2) is 0 Å². The van der Waals surface area contributed by atoms with Gasteiger partial charge in [-0.15, -0.1) is 10.2 Å². The predicted molar refractivity (Wildman–Crippen MR) is 51.5 cm³/mol. The number of nitrogens with one attached hydrogen (secondary N) is 1. The van der Waals surface area contributed by atoms with Crippen molar-refractivity contribution in [2.45, 2.75) is 31.3 Å². The molecule has 0 saturated heterocycles. The second-order valence-electron chi connectivity index (χ2n) is 4.00. The molecule has 78 valence electrons. The Bertz CT molecular complexity index is 300. The summed E-state index contributed by atoms with van der Waals surface area (Å²) in [7, 11) is 1.92. The van der Waals surface area contributed by atoms with Crippen LogP contribution < -0.4 is 5.32 Å². The minimum absolute atomic E-state index is 0.0497. The van der Waals surface area contributed by atoms with Crippen LogP contribution in [0.2, 0.25) is 0 Å².